The summed E-state index contributed by atoms with van der Waals surface area (Å²) in [5, 5.41) is 0. The average molecular weight is 293 g/mol. The largest absolute Gasteiger partial charge is 0.327 e. The van der Waals surface area contributed by atoms with E-state index in [2.05, 4.69) is 60.2 Å². The summed E-state index contributed by atoms with van der Waals surface area (Å²) in [4.78, 5) is 10.8. The number of nitrogens with zero attached hydrogens (tertiary/aromatic N) is 3. The lowest BCUT2D eigenvalue weighted by atomic mass is 10.1. The first kappa shape index (κ1) is 16.0. The van der Waals surface area contributed by atoms with E-state index in [9.17, 15) is 0 Å². The molecular formula is C19H23N3. The molecule has 0 aliphatic carbocycles. The lowest BCUT2D eigenvalue weighted by Crippen LogP contribution is -2.13. The fraction of sp³-hybridized carbons (Fsp3) is 0.263. The Morgan fingerprint density at radius 2 is 1.77 bits per heavy atom. The van der Waals surface area contributed by atoms with Gasteiger partial charge in [-0.3, -0.25) is 4.99 Å². The maximum atomic E-state index is 4.49. The lowest BCUT2D eigenvalue weighted by Gasteiger charge is -2.06. The van der Waals surface area contributed by atoms with Crippen molar-refractivity contribution in [1.82, 2.24) is 4.90 Å². The third-order valence-electron chi connectivity index (χ3n) is 3.37. The first-order valence-corrected chi connectivity index (χ1v) is 7.52. The maximum Gasteiger partial charge on any atom is 0.0961 e. The predicted molar refractivity (Wildman–Crippen MR) is 95.3 cm³/mol. The van der Waals surface area contributed by atoms with Crippen LogP contribution in [0.5, 0.6) is 0 Å². The zero-order chi connectivity index (χ0) is 15.8. The predicted octanol–water partition coefficient (Wildman–Crippen LogP) is 4.17. The first-order valence-electron chi connectivity index (χ1n) is 7.52. The molecule has 0 saturated carbocycles. The fourth-order valence-electron chi connectivity index (χ4n) is 2.16. The highest BCUT2D eigenvalue weighted by Gasteiger charge is 1.95. The fourth-order valence-corrected chi connectivity index (χ4v) is 2.16. The van der Waals surface area contributed by atoms with Gasteiger partial charge in [0.05, 0.1) is 18.4 Å². The summed E-state index contributed by atoms with van der Waals surface area (Å²) < 4.78 is 0. The maximum absolute atomic E-state index is 4.49. The number of aryl methyl sites for hydroxylation is 2. The molecule has 0 heterocycles. The Labute approximate surface area is 133 Å². The van der Waals surface area contributed by atoms with E-state index in [1.54, 1.807) is 6.34 Å². The molecule has 2 aromatic rings. The molecule has 0 radical (unpaired) electrons. The summed E-state index contributed by atoms with van der Waals surface area (Å²) in [6.45, 7) is 4.95. The summed E-state index contributed by atoms with van der Waals surface area (Å²) in [7, 11) is 1.94. The molecule has 22 heavy (non-hydrogen) atoms. The Kier molecular flexibility index (Phi) is 5.90. The Hall–Kier alpha value is -2.42. The van der Waals surface area contributed by atoms with Crippen molar-refractivity contribution >= 4 is 18.4 Å². The molecule has 0 amide bonds. The Bertz CT molecular complexity index is 645. The van der Waals surface area contributed by atoms with E-state index in [0.717, 1.165) is 18.7 Å². The number of aliphatic imine (C=N–C) groups is 2. The Morgan fingerprint density at radius 1 is 1.00 bits per heavy atom. The van der Waals surface area contributed by atoms with Crippen molar-refractivity contribution in [2.24, 2.45) is 9.98 Å². The molecule has 0 aromatic heterocycles. The number of benzene rings is 2. The van der Waals surface area contributed by atoms with Crippen LogP contribution in [0.15, 0.2) is 58.5 Å². The van der Waals surface area contributed by atoms with Gasteiger partial charge in [-0.1, -0.05) is 48.0 Å². The molecule has 0 N–H and O–H groups in total. The standard InChI is InChI=1S/C19H23N3/c1-16-9-10-19(17(2)13-16)21-15-22(3)14-20-12-11-18-7-5-4-6-8-18/h4-10,13-15H,11-12H2,1-3H3. The van der Waals surface area contributed by atoms with Crippen molar-refractivity contribution in [2.45, 2.75) is 20.3 Å². The van der Waals surface area contributed by atoms with Crippen LogP contribution >= 0.6 is 0 Å². The van der Waals surface area contributed by atoms with Gasteiger partial charge in [0.1, 0.15) is 0 Å². The van der Waals surface area contributed by atoms with Crippen LogP contribution in [0, 0.1) is 13.8 Å². The molecule has 0 saturated heterocycles. The first-order chi connectivity index (χ1) is 10.6. The summed E-state index contributed by atoms with van der Waals surface area (Å²) in [5.41, 5.74) is 4.75. The van der Waals surface area contributed by atoms with Crippen LogP contribution in [-0.4, -0.2) is 31.2 Å². The van der Waals surface area contributed by atoms with E-state index >= 15 is 0 Å². The molecular weight excluding hydrogens is 270 g/mol. The summed E-state index contributed by atoms with van der Waals surface area (Å²) >= 11 is 0. The van der Waals surface area contributed by atoms with Gasteiger partial charge in [0, 0.05) is 13.6 Å². The minimum atomic E-state index is 0.783. The zero-order valence-corrected chi connectivity index (χ0v) is 13.5. The van der Waals surface area contributed by atoms with Crippen molar-refractivity contribution in [3.05, 3.63) is 65.2 Å². The van der Waals surface area contributed by atoms with E-state index in [1.807, 2.05) is 30.4 Å². The third kappa shape index (κ3) is 5.17. The highest BCUT2D eigenvalue weighted by molar-refractivity contribution is 5.77. The molecule has 114 valence electrons. The van der Waals surface area contributed by atoms with E-state index in [0.29, 0.717) is 0 Å². The molecule has 0 spiro atoms. The molecule has 0 fully saturated rings. The van der Waals surface area contributed by atoms with Gasteiger partial charge in [-0.2, -0.15) is 0 Å². The smallest absolute Gasteiger partial charge is 0.0961 e. The van der Waals surface area contributed by atoms with E-state index in [4.69, 9.17) is 0 Å². The Balaban J connectivity index is 1.83. The average Bonchev–Trinajstić information content (AvgIpc) is 2.52. The van der Waals surface area contributed by atoms with Gasteiger partial charge in [0.25, 0.3) is 0 Å². The van der Waals surface area contributed by atoms with Crippen molar-refractivity contribution in [3.63, 3.8) is 0 Å². The summed E-state index contributed by atoms with van der Waals surface area (Å²) in [6.07, 6.45) is 4.57. The number of hydrogen-bond donors (Lipinski definition) is 0. The van der Waals surface area contributed by atoms with Crippen LogP contribution in [0.1, 0.15) is 16.7 Å². The number of hydrogen-bond acceptors (Lipinski definition) is 2. The van der Waals surface area contributed by atoms with Gasteiger partial charge < -0.3 is 4.90 Å². The zero-order valence-electron chi connectivity index (χ0n) is 13.5. The van der Waals surface area contributed by atoms with Crippen LogP contribution in [-0.2, 0) is 6.42 Å². The second kappa shape index (κ2) is 8.13. The molecule has 3 nitrogen and oxygen atoms in total. The summed E-state index contributed by atoms with van der Waals surface area (Å²) in [6, 6.07) is 16.7. The SMILES string of the molecule is Cc1ccc(N=CN(C)C=NCCc2ccccc2)c(C)c1. The molecule has 2 rings (SSSR count). The molecule has 3 heteroatoms. The van der Waals surface area contributed by atoms with Gasteiger partial charge in [0.2, 0.25) is 0 Å². The van der Waals surface area contributed by atoms with Gasteiger partial charge >= 0.3 is 0 Å². The quantitative estimate of drug-likeness (QED) is 0.580. The molecule has 0 unspecified atom stereocenters. The van der Waals surface area contributed by atoms with Crippen LogP contribution < -0.4 is 0 Å². The second-order valence-electron chi connectivity index (χ2n) is 5.46. The highest BCUT2D eigenvalue weighted by Crippen LogP contribution is 2.18. The minimum Gasteiger partial charge on any atom is -0.327 e. The van der Waals surface area contributed by atoms with Crippen molar-refractivity contribution in [3.8, 4) is 0 Å². The van der Waals surface area contributed by atoms with E-state index in [-0.39, 0.29) is 0 Å². The highest BCUT2D eigenvalue weighted by atomic mass is 15.1. The normalized spacial score (nSPS) is 11.4. The van der Waals surface area contributed by atoms with Crippen molar-refractivity contribution in [2.75, 3.05) is 13.6 Å². The molecule has 0 aliphatic rings. The Morgan fingerprint density at radius 3 is 2.50 bits per heavy atom. The van der Waals surface area contributed by atoms with Gasteiger partial charge in [-0.15, -0.1) is 0 Å². The molecule has 2 aromatic carbocycles. The van der Waals surface area contributed by atoms with E-state index < -0.39 is 0 Å². The van der Waals surface area contributed by atoms with E-state index in [1.165, 1.54) is 16.7 Å². The van der Waals surface area contributed by atoms with Crippen LogP contribution in [0.3, 0.4) is 0 Å². The van der Waals surface area contributed by atoms with Crippen LogP contribution in [0.25, 0.3) is 0 Å². The molecule has 0 aliphatic heterocycles. The summed E-state index contributed by atoms with van der Waals surface area (Å²) in [5.74, 6) is 0. The molecule has 0 bridgehead atoms. The van der Waals surface area contributed by atoms with Crippen molar-refractivity contribution in [1.29, 1.82) is 0 Å². The monoisotopic (exact) mass is 293 g/mol. The second-order valence-corrected chi connectivity index (χ2v) is 5.46. The minimum absolute atomic E-state index is 0.783. The lowest BCUT2D eigenvalue weighted by molar-refractivity contribution is 0.789. The van der Waals surface area contributed by atoms with Gasteiger partial charge in [-0.05, 0) is 37.5 Å². The van der Waals surface area contributed by atoms with Crippen molar-refractivity contribution < 1.29 is 0 Å². The molecule has 0 atom stereocenters. The topological polar surface area (TPSA) is 28.0 Å². The number of rotatable bonds is 6. The van der Waals surface area contributed by atoms with Crippen LogP contribution in [0.2, 0.25) is 0 Å². The van der Waals surface area contributed by atoms with Gasteiger partial charge in [0.15, 0.2) is 0 Å². The van der Waals surface area contributed by atoms with Gasteiger partial charge in [-0.25, -0.2) is 4.99 Å². The van der Waals surface area contributed by atoms with Crippen LogP contribution in [0.4, 0.5) is 5.69 Å². The third-order valence-corrected chi connectivity index (χ3v) is 3.37.